The van der Waals surface area contributed by atoms with E-state index in [1.807, 2.05) is 20.8 Å². The molecule has 2 aromatic rings. The van der Waals surface area contributed by atoms with Crippen LogP contribution in [0.1, 0.15) is 32.8 Å². The molecule has 0 amide bonds. The molecular formula is C16H18Cl2N2O2. The van der Waals surface area contributed by atoms with Gasteiger partial charge in [-0.05, 0) is 38.0 Å². The first-order valence-electron chi connectivity index (χ1n) is 7.04. The Bertz CT molecular complexity index is 762. The smallest absolute Gasteiger partial charge is 0.253 e. The fourth-order valence-corrected chi connectivity index (χ4v) is 2.43. The van der Waals surface area contributed by atoms with E-state index < -0.39 is 10.9 Å². The van der Waals surface area contributed by atoms with Gasteiger partial charge in [0.15, 0.2) is 0 Å². The fourth-order valence-electron chi connectivity index (χ4n) is 1.95. The topological polar surface area (TPSA) is 58.2 Å². The maximum absolute atomic E-state index is 11.7. The lowest BCUT2D eigenvalue weighted by atomic mass is 10.00. The summed E-state index contributed by atoms with van der Waals surface area (Å²) in [6.07, 6.45) is 0.828. The molecule has 0 aromatic heterocycles. The number of anilines is 2. The molecule has 22 heavy (non-hydrogen) atoms. The summed E-state index contributed by atoms with van der Waals surface area (Å²) in [7, 11) is 0. The monoisotopic (exact) mass is 340 g/mol. The maximum atomic E-state index is 11.7. The van der Waals surface area contributed by atoms with E-state index in [1.54, 1.807) is 18.2 Å². The van der Waals surface area contributed by atoms with Gasteiger partial charge in [0.2, 0.25) is 0 Å². The van der Waals surface area contributed by atoms with Crippen molar-refractivity contribution in [1.82, 2.24) is 0 Å². The van der Waals surface area contributed by atoms with Gasteiger partial charge in [-0.25, -0.2) is 0 Å². The molecule has 0 bridgehead atoms. The lowest BCUT2D eigenvalue weighted by molar-refractivity contribution is 0.546. The van der Waals surface area contributed by atoms with Crippen LogP contribution in [0.25, 0.3) is 0 Å². The second-order valence-electron chi connectivity index (χ2n) is 5.86. The van der Waals surface area contributed by atoms with Crippen LogP contribution < -0.4 is 21.5 Å². The predicted octanol–water partition coefficient (Wildman–Crippen LogP) is 3.80. The minimum absolute atomic E-state index is 0.253. The molecule has 0 heterocycles. The summed E-state index contributed by atoms with van der Waals surface area (Å²) in [5, 5.41) is 7.18. The van der Waals surface area contributed by atoms with Crippen molar-refractivity contribution in [3.8, 4) is 0 Å². The van der Waals surface area contributed by atoms with Crippen molar-refractivity contribution in [2.75, 3.05) is 10.6 Å². The molecule has 2 aromatic carbocycles. The van der Waals surface area contributed by atoms with Gasteiger partial charge in [0.1, 0.15) is 11.4 Å². The molecule has 0 unspecified atom stereocenters. The minimum Gasteiger partial charge on any atom is -0.376 e. The van der Waals surface area contributed by atoms with E-state index in [-0.39, 0.29) is 5.54 Å². The van der Waals surface area contributed by atoms with Crippen molar-refractivity contribution in [2.45, 2.75) is 39.3 Å². The highest BCUT2D eigenvalue weighted by Gasteiger charge is 2.25. The summed E-state index contributed by atoms with van der Waals surface area (Å²) in [4.78, 5) is 23.5. The molecule has 0 saturated carbocycles. The lowest BCUT2D eigenvalue weighted by Crippen LogP contribution is -2.42. The number of benzene rings is 1. The van der Waals surface area contributed by atoms with Gasteiger partial charge < -0.3 is 10.6 Å². The molecule has 0 spiro atoms. The zero-order chi connectivity index (χ0) is 16.5. The third-order valence-electron chi connectivity index (χ3n) is 3.73. The highest BCUT2D eigenvalue weighted by Crippen LogP contribution is 2.25. The van der Waals surface area contributed by atoms with E-state index in [1.165, 1.54) is 0 Å². The zero-order valence-electron chi connectivity index (χ0n) is 12.7. The van der Waals surface area contributed by atoms with Crippen LogP contribution >= 0.6 is 23.2 Å². The van der Waals surface area contributed by atoms with Gasteiger partial charge in [-0.3, -0.25) is 9.59 Å². The van der Waals surface area contributed by atoms with E-state index in [0.717, 1.165) is 12.0 Å². The number of rotatable bonds is 6. The van der Waals surface area contributed by atoms with Crippen LogP contribution in [0.4, 0.5) is 11.4 Å². The molecule has 0 saturated heterocycles. The van der Waals surface area contributed by atoms with E-state index in [2.05, 4.69) is 10.6 Å². The number of nitrogens with one attached hydrogen (secondary N) is 2. The van der Waals surface area contributed by atoms with Gasteiger partial charge in [0.25, 0.3) is 10.9 Å². The van der Waals surface area contributed by atoms with E-state index in [9.17, 15) is 9.59 Å². The molecule has 0 radical (unpaired) electrons. The Morgan fingerprint density at radius 2 is 1.73 bits per heavy atom. The van der Waals surface area contributed by atoms with Crippen molar-refractivity contribution in [1.29, 1.82) is 0 Å². The van der Waals surface area contributed by atoms with Gasteiger partial charge in [-0.1, -0.05) is 36.2 Å². The Kier molecular flexibility index (Phi) is 4.83. The fraction of sp³-hybridized carbons (Fsp3) is 0.375. The summed E-state index contributed by atoms with van der Waals surface area (Å²) in [6, 6.07) is 5.15. The normalized spacial score (nSPS) is 11.7. The van der Waals surface area contributed by atoms with Gasteiger partial charge in [0, 0.05) is 22.1 Å². The first kappa shape index (κ1) is 16.8. The highest BCUT2D eigenvalue weighted by atomic mass is 35.5. The molecule has 6 heteroatoms. The standard InChI is InChI=1S/C16H18Cl2N2O2/c1-4-16(2,3)20-13-12(14(21)15(13)22)19-8-9-5-6-10(17)7-11(9)18/h5-7,19-20H,4,8H2,1-3H3. The number of halogens is 2. The predicted molar refractivity (Wildman–Crippen MR) is 93.1 cm³/mol. The zero-order valence-corrected chi connectivity index (χ0v) is 14.2. The van der Waals surface area contributed by atoms with Gasteiger partial charge >= 0.3 is 0 Å². The first-order valence-corrected chi connectivity index (χ1v) is 7.80. The molecule has 2 rings (SSSR count). The van der Waals surface area contributed by atoms with Crippen LogP contribution in [0.5, 0.6) is 0 Å². The van der Waals surface area contributed by atoms with E-state index in [4.69, 9.17) is 23.2 Å². The Balaban J connectivity index is 2.16. The highest BCUT2D eigenvalue weighted by molar-refractivity contribution is 6.35. The number of hydrogen-bond donors (Lipinski definition) is 2. The van der Waals surface area contributed by atoms with Crippen molar-refractivity contribution < 1.29 is 0 Å². The van der Waals surface area contributed by atoms with Crippen molar-refractivity contribution >= 4 is 34.6 Å². The van der Waals surface area contributed by atoms with Gasteiger partial charge in [-0.15, -0.1) is 0 Å². The van der Waals surface area contributed by atoms with Crippen LogP contribution in [0.2, 0.25) is 10.0 Å². The second-order valence-corrected chi connectivity index (χ2v) is 6.70. The largest absolute Gasteiger partial charge is 0.376 e. The van der Waals surface area contributed by atoms with Crippen LogP contribution in [0.15, 0.2) is 27.8 Å². The third kappa shape index (κ3) is 3.45. The average molecular weight is 341 g/mol. The molecule has 0 atom stereocenters. The number of hydrogen-bond acceptors (Lipinski definition) is 4. The van der Waals surface area contributed by atoms with E-state index in [0.29, 0.717) is 28.0 Å². The Morgan fingerprint density at radius 3 is 2.32 bits per heavy atom. The quantitative estimate of drug-likeness (QED) is 0.785. The van der Waals surface area contributed by atoms with E-state index >= 15 is 0 Å². The Labute approximate surface area is 139 Å². The Hall–Kier alpha value is -1.52. The van der Waals surface area contributed by atoms with Crippen molar-refractivity contribution in [3.63, 3.8) is 0 Å². The third-order valence-corrected chi connectivity index (χ3v) is 4.32. The van der Waals surface area contributed by atoms with Crippen LogP contribution in [0, 0.1) is 0 Å². The summed E-state index contributed by atoms with van der Waals surface area (Å²) in [5.41, 5.74) is 0.237. The molecule has 2 N–H and O–H groups in total. The summed E-state index contributed by atoms with van der Waals surface area (Å²) in [6.45, 7) is 6.31. The van der Waals surface area contributed by atoms with Crippen molar-refractivity contribution in [3.05, 3.63) is 54.3 Å². The summed E-state index contributed by atoms with van der Waals surface area (Å²) in [5.74, 6) is 0. The lowest BCUT2D eigenvalue weighted by Gasteiger charge is -2.28. The average Bonchev–Trinajstić information content (AvgIpc) is 2.47. The minimum atomic E-state index is -0.500. The molecule has 0 fully saturated rings. The molecule has 0 aliphatic carbocycles. The first-order chi connectivity index (χ1) is 10.2. The second kappa shape index (κ2) is 6.31. The SMILES string of the molecule is CCC(C)(C)Nc1c(NCc2ccc(Cl)cc2Cl)c(=O)c1=O. The molecule has 0 aliphatic heterocycles. The summed E-state index contributed by atoms with van der Waals surface area (Å²) >= 11 is 11.9. The van der Waals surface area contributed by atoms with Crippen LogP contribution in [-0.4, -0.2) is 5.54 Å². The van der Waals surface area contributed by atoms with Crippen molar-refractivity contribution in [2.24, 2.45) is 0 Å². The molecular weight excluding hydrogens is 323 g/mol. The van der Waals surface area contributed by atoms with Gasteiger partial charge in [-0.2, -0.15) is 0 Å². The summed E-state index contributed by atoms with van der Waals surface area (Å²) < 4.78 is 0. The molecule has 0 aliphatic rings. The van der Waals surface area contributed by atoms with Gasteiger partial charge in [0.05, 0.1) is 0 Å². The Morgan fingerprint density at radius 1 is 1.09 bits per heavy atom. The maximum Gasteiger partial charge on any atom is 0.253 e. The van der Waals surface area contributed by atoms with Crippen LogP contribution in [-0.2, 0) is 6.54 Å². The molecule has 118 valence electrons. The molecule has 4 nitrogen and oxygen atoms in total. The van der Waals surface area contributed by atoms with Crippen LogP contribution in [0.3, 0.4) is 0 Å².